The Morgan fingerprint density at radius 1 is 1.07 bits per heavy atom. The van der Waals surface area contributed by atoms with Crippen LogP contribution in [0, 0.1) is 11.3 Å². The molecule has 1 heteroatoms. The fraction of sp³-hybridized carbons (Fsp3) is 0.462. The van der Waals surface area contributed by atoms with Gasteiger partial charge in [0.05, 0.1) is 11.6 Å². The lowest BCUT2D eigenvalue weighted by Gasteiger charge is -1.80. The molecule has 1 aromatic rings. The Kier molecular flexibility index (Phi) is 23.4. The maximum Gasteiger partial charge on any atom is 0.0991 e. The van der Waals surface area contributed by atoms with Gasteiger partial charge in [0.1, 0.15) is 0 Å². The van der Waals surface area contributed by atoms with Crippen LogP contribution in [0.5, 0.6) is 0 Å². The lowest BCUT2D eigenvalue weighted by atomic mass is 10.2. The second kappa shape index (κ2) is 17.7. The molecule has 0 aliphatic rings. The van der Waals surface area contributed by atoms with Crippen molar-refractivity contribution in [2.45, 2.75) is 41.5 Å². The molecule has 0 atom stereocenters. The van der Waals surface area contributed by atoms with E-state index in [0.29, 0.717) is 5.56 Å². The second-order valence-corrected chi connectivity index (χ2v) is 2.18. The zero-order valence-electron chi connectivity index (χ0n) is 9.04. The predicted octanol–water partition coefficient (Wildman–Crippen LogP) is 4.64. The van der Waals surface area contributed by atoms with Crippen LogP contribution < -0.4 is 0 Å². The van der Waals surface area contributed by atoms with E-state index in [2.05, 4.69) is 13.8 Å². The lowest BCUT2D eigenvalue weighted by molar-refractivity contribution is 1.09. The number of benzene rings is 1. The van der Waals surface area contributed by atoms with Crippen molar-refractivity contribution in [3.63, 3.8) is 0 Å². The van der Waals surface area contributed by atoms with Crippen LogP contribution in [0.2, 0.25) is 0 Å². The van der Waals surface area contributed by atoms with E-state index < -0.39 is 0 Å². The van der Waals surface area contributed by atoms with Gasteiger partial charge in [0, 0.05) is 0 Å². The van der Waals surface area contributed by atoms with Gasteiger partial charge >= 0.3 is 0 Å². The van der Waals surface area contributed by atoms with E-state index in [4.69, 9.17) is 5.26 Å². The van der Waals surface area contributed by atoms with Crippen LogP contribution in [-0.2, 0) is 0 Å². The average Bonchev–Trinajstić information content (AvgIpc) is 2.23. The Hall–Kier alpha value is -1.29. The molecule has 0 heterocycles. The Labute approximate surface area is 89.4 Å². The SMILES string of the molecule is C.CC.CCC.N#Cc1ccccc1. The molecule has 0 saturated heterocycles. The molecule has 80 valence electrons. The maximum absolute atomic E-state index is 8.29. The second-order valence-electron chi connectivity index (χ2n) is 2.18. The molecule has 1 nitrogen and oxygen atoms in total. The van der Waals surface area contributed by atoms with Crippen LogP contribution >= 0.6 is 0 Å². The van der Waals surface area contributed by atoms with E-state index in [-0.39, 0.29) is 7.43 Å². The van der Waals surface area contributed by atoms with Crippen molar-refractivity contribution in [3.8, 4) is 6.07 Å². The zero-order chi connectivity index (χ0) is 10.5. The molecule has 0 saturated carbocycles. The lowest BCUT2D eigenvalue weighted by Crippen LogP contribution is -1.66. The third-order valence-corrected chi connectivity index (χ3v) is 0.903. The van der Waals surface area contributed by atoms with Crippen LogP contribution in [0.4, 0.5) is 0 Å². The summed E-state index contributed by atoms with van der Waals surface area (Å²) >= 11 is 0. The smallest absolute Gasteiger partial charge is 0.0991 e. The first-order valence-electron chi connectivity index (χ1n) is 4.80. The third-order valence-electron chi connectivity index (χ3n) is 0.903. The molecular weight excluding hydrogens is 170 g/mol. The summed E-state index contributed by atoms with van der Waals surface area (Å²) in [5, 5.41) is 8.29. The van der Waals surface area contributed by atoms with Crippen molar-refractivity contribution in [1.82, 2.24) is 0 Å². The first kappa shape index (κ1) is 18.5. The molecule has 0 aromatic heterocycles. The van der Waals surface area contributed by atoms with Crippen LogP contribution in [0.25, 0.3) is 0 Å². The fourth-order valence-electron chi connectivity index (χ4n) is 0.513. The normalized spacial score (nSPS) is 6.21. The first-order chi connectivity index (χ1) is 6.35. The van der Waals surface area contributed by atoms with Gasteiger partial charge < -0.3 is 0 Å². The van der Waals surface area contributed by atoms with Gasteiger partial charge in [-0.1, -0.05) is 59.7 Å². The van der Waals surface area contributed by atoms with Crippen molar-refractivity contribution >= 4 is 0 Å². The monoisotopic (exact) mass is 193 g/mol. The molecule has 0 spiro atoms. The minimum atomic E-state index is 0. The Morgan fingerprint density at radius 2 is 1.43 bits per heavy atom. The van der Waals surface area contributed by atoms with E-state index in [9.17, 15) is 0 Å². The van der Waals surface area contributed by atoms with Gasteiger partial charge in [0.2, 0.25) is 0 Å². The average molecular weight is 193 g/mol. The van der Waals surface area contributed by atoms with Gasteiger partial charge in [0.15, 0.2) is 0 Å². The molecule has 14 heavy (non-hydrogen) atoms. The molecule has 0 bridgehead atoms. The van der Waals surface area contributed by atoms with Crippen LogP contribution in [0.1, 0.15) is 47.1 Å². The van der Waals surface area contributed by atoms with Crippen LogP contribution in [0.3, 0.4) is 0 Å². The van der Waals surface area contributed by atoms with Gasteiger partial charge in [-0.25, -0.2) is 0 Å². The topological polar surface area (TPSA) is 23.8 Å². The quantitative estimate of drug-likeness (QED) is 0.589. The van der Waals surface area contributed by atoms with E-state index in [1.807, 2.05) is 38.1 Å². The van der Waals surface area contributed by atoms with E-state index in [0.717, 1.165) is 0 Å². The Balaban J connectivity index is -0.000000176. The zero-order valence-corrected chi connectivity index (χ0v) is 9.04. The predicted molar refractivity (Wildman–Crippen MR) is 65.2 cm³/mol. The summed E-state index contributed by atoms with van der Waals surface area (Å²) < 4.78 is 0. The number of hydrogen-bond acceptors (Lipinski definition) is 1. The van der Waals surface area contributed by atoms with Gasteiger partial charge in [-0.2, -0.15) is 5.26 Å². The van der Waals surface area contributed by atoms with Crippen LogP contribution in [0.15, 0.2) is 30.3 Å². The first-order valence-corrected chi connectivity index (χ1v) is 4.80. The van der Waals surface area contributed by atoms with Crippen molar-refractivity contribution < 1.29 is 0 Å². The highest BCUT2D eigenvalue weighted by Gasteiger charge is 1.79. The Bertz CT molecular complexity index is 208. The molecule has 1 aromatic carbocycles. The highest BCUT2D eigenvalue weighted by molar-refractivity contribution is 5.27. The molecule has 1 rings (SSSR count). The third kappa shape index (κ3) is 13.3. The number of rotatable bonds is 0. The Morgan fingerprint density at radius 3 is 1.64 bits per heavy atom. The minimum absolute atomic E-state index is 0. The van der Waals surface area contributed by atoms with Gasteiger partial charge in [-0.15, -0.1) is 0 Å². The summed E-state index contributed by atoms with van der Waals surface area (Å²) in [6.07, 6.45) is 1.25. The summed E-state index contributed by atoms with van der Waals surface area (Å²) in [7, 11) is 0. The molecule has 0 fully saturated rings. The van der Waals surface area contributed by atoms with Gasteiger partial charge in [-0.05, 0) is 12.1 Å². The van der Waals surface area contributed by atoms with Crippen molar-refractivity contribution in [1.29, 1.82) is 5.26 Å². The summed E-state index contributed by atoms with van der Waals surface area (Å²) in [4.78, 5) is 0. The summed E-state index contributed by atoms with van der Waals surface area (Å²) in [6, 6.07) is 11.2. The minimum Gasteiger partial charge on any atom is -0.192 e. The summed E-state index contributed by atoms with van der Waals surface area (Å²) in [5.41, 5.74) is 0.715. The maximum atomic E-state index is 8.29. The van der Waals surface area contributed by atoms with Gasteiger partial charge in [0.25, 0.3) is 0 Å². The molecule has 0 aliphatic carbocycles. The number of hydrogen-bond donors (Lipinski definition) is 0. The standard InChI is InChI=1S/C7H5N.C3H8.C2H6.CH4/c8-6-7-4-2-1-3-5-7;1-3-2;1-2;/h1-5H;3H2,1-2H3;1-2H3;1H4. The summed E-state index contributed by atoms with van der Waals surface area (Å²) in [6.45, 7) is 8.25. The van der Waals surface area contributed by atoms with Crippen molar-refractivity contribution in [3.05, 3.63) is 35.9 Å². The van der Waals surface area contributed by atoms with Crippen molar-refractivity contribution in [2.24, 2.45) is 0 Å². The highest BCUT2D eigenvalue weighted by atomic mass is 14.2. The van der Waals surface area contributed by atoms with E-state index >= 15 is 0 Å². The van der Waals surface area contributed by atoms with E-state index in [1.165, 1.54) is 6.42 Å². The number of nitrogens with zero attached hydrogens (tertiary/aromatic N) is 1. The molecule has 0 amide bonds. The molecule has 0 N–H and O–H groups in total. The molecule has 0 radical (unpaired) electrons. The fourth-order valence-corrected chi connectivity index (χ4v) is 0.513. The molecule has 0 unspecified atom stereocenters. The highest BCUT2D eigenvalue weighted by Crippen LogP contribution is 1.93. The molecule has 0 aliphatic heterocycles. The largest absolute Gasteiger partial charge is 0.192 e. The van der Waals surface area contributed by atoms with Crippen molar-refractivity contribution in [2.75, 3.05) is 0 Å². The van der Waals surface area contributed by atoms with Crippen LogP contribution in [-0.4, -0.2) is 0 Å². The van der Waals surface area contributed by atoms with E-state index in [1.54, 1.807) is 12.1 Å². The molecular formula is C13H23N. The number of nitriles is 1. The summed E-state index contributed by atoms with van der Waals surface area (Å²) in [5.74, 6) is 0. The van der Waals surface area contributed by atoms with Gasteiger partial charge in [-0.3, -0.25) is 0 Å².